The van der Waals surface area contributed by atoms with E-state index >= 15 is 0 Å². The Hall–Kier alpha value is -2.54. The standard InChI is InChI=1S/C18H21FN6/c1-12-4-6-25(7-5-21-12)18-22-11-16(19)17(24-18)23-15-3-2-13-9-20-10-14(13)8-15/h2-3,8,10-12,21H,4-7,9H2,1H3,(H,22,23,24). The number of hydrogen-bond acceptors (Lipinski definition) is 6. The largest absolute Gasteiger partial charge is 0.339 e. The van der Waals surface area contributed by atoms with Gasteiger partial charge in [-0.25, -0.2) is 9.37 Å². The zero-order chi connectivity index (χ0) is 17.2. The van der Waals surface area contributed by atoms with Gasteiger partial charge in [0.2, 0.25) is 5.95 Å². The zero-order valence-electron chi connectivity index (χ0n) is 14.2. The summed E-state index contributed by atoms with van der Waals surface area (Å²) in [5.41, 5.74) is 3.04. The van der Waals surface area contributed by atoms with E-state index in [0.717, 1.165) is 37.3 Å². The third-order valence-corrected chi connectivity index (χ3v) is 4.62. The molecule has 1 unspecified atom stereocenters. The molecule has 2 N–H and O–H groups in total. The molecule has 2 aliphatic heterocycles. The van der Waals surface area contributed by atoms with Gasteiger partial charge in [-0.2, -0.15) is 4.98 Å². The minimum Gasteiger partial charge on any atom is -0.339 e. The average Bonchev–Trinajstić information content (AvgIpc) is 2.97. The van der Waals surface area contributed by atoms with Crippen molar-refractivity contribution >= 4 is 23.7 Å². The first-order chi connectivity index (χ1) is 12.2. The van der Waals surface area contributed by atoms with Crippen LogP contribution in [0.25, 0.3) is 0 Å². The van der Waals surface area contributed by atoms with Crippen LogP contribution in [-0.2, 0) is 6.54 Å². The molecule has 25 heavy (non-hydrogen) atoms. The predicted octanol–water partition coefficient (Wildman–Crippen LogP) is 2.48. The predicted molar refractivity (Wildman–Crippen MR) is 97.3 cm³/mol. The molecule has 1 saturated heterocycles. The van der Waals surface area contributed by atoms with Crippen LogP contribution in [0.2, 0.25) is 0 Å². The van der Waals surface area contributed by atoms with Crippen molar-refractivity contribution in [1.29, 1.82) is 0 Å². The summed E-state index contributed by atoms with van der Waals surface area (Å²) in [6.45, 7) is 5.41. The first kappa shape index (κ1) is 16.0. The highest BCUT2D eigenvalue weighted by Crippen LogP contribution is 2.24. The molecule has 1 aromatic carbocycles. The number of nitrogens with zero attached hydrogens (tertiary/aromatic N) is 4. The van der Waals surface area contributed by atoms with Crippen LogP contribution in [-0.4, -0.2) is 41.9 Å². The van der Waals surface area contributed by atoms with Crippen molar-refractivity contribution in [2.75, 3.05) is 29.9 Å². The van der Waals surface area contributed by atoms with E-state index < -0.39 is 5.82 Å². The molecule has 1 aromatic heterocycles. The molecule has 2 aromatic rings. The SMILES string of the molecule is CC1CCN(c2ncc(F)c(Nc3ccc4c(c3)C=NC4)n2)CCN1. The maximum absolute atomic E-state index is 14.2. The van der Waals surface area contributed by atoms with Crippen LogP contribution in [0.15, 0.2) is 29.4 Å². The summed E-state index contributed by atoms with van der Waals surface area (Å²) in [5, 5.41) is 6.51. The minimum absolute atomic E-state index is 0.199. The molecular formula is C18H21FN6. The van der Waals surface area contributed by atoms with Gasteiger partial charge in [0.1, 0.15) is 0 Å². The van der Waals surface area contributed by atoms with Gasteiger partial charge in [-0.3, -0.25) is 4.99 Å². The molecule has 6 nitrogen and oxygen atoms in total. The fraction of sp³-hybridized carbons (Fsp3) is 0.389. The molecule has 0 bridgehead atoms. The summed E-state index contributed by atoms with van der Waals surface area (Å²) in [6, 6.07) is 6.36. The summed E-state index contributed by atoms with van der Waals surface area (Å²) in [6.07, 6.45) is 4.09. The number of rotatable bonds is 3. The van der Waals surface area contributed by atoms with E-state index in [-0.39, 0.29) is 5.82 Å². The van der Waals surface area contributed by atoms with Crippen molar-refractivity contribution < 1.29 is 4.39 Å². The van der Waals surface area contributed by atoms with Crippen LogP contribution < -0.4 is 15.5 Å². The molecule has 4 rings (SSSR count). The average molecular weight is 340 g/mol. The van der Waals surface area contributed by atoms with Gasteiger partial charge in [0, 0.05) is 37.6 Å². The molecule has 0 spiro atoms. The van der Waals surface area contributed by atoms with Crippen molar-refractivity contribution in [2.24, 2.45) is 4.99 Å². The molecule has 1 fully saturated rings. The van der Waals surface area contributed by atoms with Crippen molar-refractivity contribution in [1.82, 2.24) is 15.3 Å². The lowest BCUT2D eigenvalue weighted by Gasteiger charge is -2.20. The lowest BCUT2D eigenvalue weighted by atomic mass is 10.1. The van der Waals surface area contributed by atoms with E-state index in [9.17, 15) is 4.39 Å². The molecule has 0 radical (unpaired) electrons. The van der Waals surface area contributed by atoms with Crippen molar-refractivity contribution in [2.45, 2.75) is 25.9 Å². The first-order valence-electron chi connectivity index (χ1n) is 8.60. The number of hydrogen-bond donors (Lipinski definition) is 2. The number of nitrogens with one attached hydrogen (secondary N) is 2. The van der Waals surface area contributed by atoms with Gasteiger partial charge in [-0.15, -0.1) is 0 Å². The van der Waals surface area contributed by atoms with Crippen LogP contribution in [0.1, 0.15) is 24.5 Å². The van der Waals surface area contributed by atoms with Crippen LogP contribution in [0.5, 0.6) is 0 Å². The summed E-state index contributed by atoms with van der Waals surface area (Å²) in [4.78, 5) is 14.9. The fourth-order valence-electron chi connectivity index (χ4n) is 3.12. The van der Waals surface area contributed by atoms with Crippen LogP contribution in [0.4, 0.5) is 21.8 Å². The Kier molecular flexibility index (Phi) is 4.31. The molecule has 1 atom stereocenters. The maximum atomic E-state index is 14.2. The molecule has 0 amide bonds. The fourth-order valence-corrected chi connectivity index (χ4v) is 3.12. The van der Waals surface area contributed by atoms with Gasteiger partial charge in [0.05, 0.1) is 12.7 Å². The van der Waals surface area contributed by atoms with Gasteiger partial charge in [-0.1, -0.05) is 6.07 Å². The quantitative estimate of drug-likeness (QED) is 0.899. The Morgan fingerprint density at radius 2 is 2.24 bits per heavy atom. The highest BCUT2D eigenvalue weighted by molar-refractivity contribution is 5.86. The number of aromatic nitrogens is 2. The number of aliphatic imine (C=N–C) groups is 1. The van der Waals surface area contributed by atoms with Gasteiger partial charge in [0.25, 0.3) is 0 Å². The van der Waals surface area contributed by atoms with E-state index in [1.54, 1.807) is 0 Å². The van der Waals surface area contributed by atoms with Crippen molar-refractivity contribution in [3.8, 4) is 0 Å². The Labute approximate surface area is 146 Å². The Morgan fingerprint density at radius 3 is 3.16 bits per heavy atom. The first-order valence-corrected chi connectivity index (χ1v) is 8.60. The number of benzene rings is 1. The van der Waals surface area contributed by atoms with E-state index in [4.69, 9.17) is 0 Å². The van der Waals surface area contributed by atoms with Gasteiger partial charge in [-0.05, 0) is 36.6 Å². The highest BCUT2D eigenvalue weighted by atomic mass is 19.1. The van der Waals surface area contributed by atoms with E-state index in [2.05, 4.69) is 37.4 Å². The highest BCUT2D eigenvalue weighted by Gasteiger charge is 2.17. The van der Waals surface area contributed by atoms with Gasteiger partial charge in [0.15, 0.2) is 11.6 Å². The summed E-state index contributed by atoms with van der Waals surface area (Å²) < 4.78 is 14.2. The molecule has 130 valence electrons. The monoisotopic (exact) mass is 340 g/mol. The molecule has 0 aliphatic carbocycles. The molecular weight excluding hydrogens is 319 g/mol. The molecule has 0 saturated carbocycles. The van der Waals surface area contributed by atoms with E-state index in [1.807, 2.05) is 24.4 Å². The van der Waals surface area contributed by atoms with Crippen LogP contribution >= 0.6 is 0 Å². The van der Waals surface area contributed by atoms with Crippen molar-refractivity contribution in [3.05, 3.63) is 41.3 Å². The second-order valence-electron chi connectivity index (χ2n) is 6.51. The number of halogens is 1. The van der Waals surface area contributed by atoms with E-state index in [1.165, 1.54) is 11.8 Å². The molecule has 7 heteroatoms. The van der Waals surface area contributed by atoms with Crippen molar-refractivity contribution in [3.63, 3.8) is 0 Å². The number of anilines is 3. The molecule has 2 aliphatic rings. The summed E-state index contributed by atoms with van der Waals surface area (Å²) in [5.74, 6) is 0.298. The molecule has 3 heterocycles. The smallest absolute Gasteiger partial charge is 0.227 e. The minimum atomic E-state index is -0.459. The van der Waals surface area contributed by atoms with Crippen LogP contribution in [0, 0.1) is 5.82 Å². The van der Waals surface area contributed by atoms with Gasteiger partial charge >= 0.3 is 0 Å². The number of fused-ring (bicyclic) bond motifs is 1. The summed E-state index contributed by atoms with van der Waals surface area (Å²) in [7, 11) is 0. The van der Waals surface area contributed by atoms with E-state index in [0.29, 0.717) is 18.5 Å². The third kappa shape index (κ3) is 3.46. The Morgan fingerprint density at radius 1 is 1.32 bits per heavy atom. The van der Waals surface area contributed by atoms with Gasteiger partial charge < -0.3 is 15.5 Å². The Balaban J connectivity index is 1.56. The normalized spacial score (nSPS) is 19.6. The Bertz CT molecular complexity index is 806. The second-order valence-corrected chi connectivity index (χ2v) is 6.51. The lowest BCUT2D eigenvalue weighted by Crippen LogP contribution is -2.30. The summed E-state index contributed by atoms with van der Waals surface area (Å²) >= 11 is 0. The zero-order valence-corrected chi connectivity index (χ0v) is 14.2. The van der Waals surface area contributed by atoms with Crippen LogP contribution in [0.3, 0.4) is 0 Å². The second kappa shape index (κ2) is 6.76. The maximum Gasteiger partial charge on any atom is 0.227 e. The topological polar surface area (TPSA) is 65.4 Å². The lowest BCUT2D eigenvalue weighted by molar-refractivity contribution is 0.566. The third-order valence-electron chi connectivity index (χ3n) is 4.62.